The number of methoxy groups -OCH3 is 1. The number of rotatable bonds is 3. The molecular formula is C22H17FN2O2. The van der Waals surface area contributed by atoms with Crippen LogP contribution in [0.2, 0.25) is 0 Å². The number of fused-ring (bicyclic) bond motifs is 2. The minimum absolute atomic E-state index is 0.191. The van der Waals surface area contributed by atoms with E-state index in [9.17, 15) is 4.39 Å². The van der Waals surface area contributed by atoms with Crippen molar-refractivity contribution in [1.82, 2.24) is 0 Å². The molecule has 0 saturated heterocycles. The summed E-state index contributed by atoms with van der Waals surface area (Å²) >= 11 is 0. The Morgan fingerprint density at radius 2 is 1.93 bits per heavy atom. The van der Waals surface area contributed by atoms with Crippen LogP contribution < -0.4 is 15.8 Å². The van der Waals surface area contributed by atoms with E-state index >= 15 is 0 Å². The molecule has 134 valence electrons. The molecule has 1 heterocycles. The van der Waals surface area contributed by atoms with Crippen molar-refractivity contribution < 1.29 is 13.5 Å². The molecule has 2 aromatic carbocycles. The summed E-state index contributed by atoms with van der Waals surface area (Å²) in [7, 11) is 1.44. The minimum atomic E-state index is -0.433. The Morgan fingerprint density at radius 1 is 1.07 bits per heavy atom. The summed E-state index contributed by atoms with van der Waals surface area (Å²) in [5, 5.41) is 9.08. The number of benzene rings is 3. The maximum atomic E-state index is 14.4. The van der Waals surface area contributed by atoms with Gasteiger partial charge in [-0.05, 0) is 59.8 Å². The number of hydrogen-bond donors (Lipinski definition) is 2. The third kappa shape index (κ3) is 2.93. The van der Waals surface area contributed by atoms with Gasteiger partial charge in [0, 0.05) is 22.6 Å². The average molecular weight is 360 g/mol. The molecule has 1 aliphatic heterocycles. The second kappa shape index (κ2) is 6.61. The van der Waals surface area contributed by atoms with E-state index in [1.807, 2.05) is 30.3 Å². The lowest BCUT2D eigenvalue weighted by atomic mass is 9.93. The topological polar surface area (TPSA) is 72.2 Å². The fraction of sp³-hybridized carbons (Fsp3) is 0.0455. The van der Waals surface area contributed by atoms with Gasteiger partial charge in [-0.1, -0.05) is 12.1 Å². The predicted octanol–water partition coefficient (Wildman–Crippen LogP) is 4.76. The van der Waals surface area contributed by atoms with Crippen LogP contribution in [0.1, 0.15) is 5.56 Å². The van der Waals surface area contributed by atoms with Crippen LogP contribution in [0, 0.1) is 11.2 Å². The van der Waals surface area contributed by atoms with E-state index in [1.165, 1.54) is 19.4 Å². The molecule has 27 heavy (non-hydrogen) atoms. The van der Waals surface area contributed by atoms with Crippen LogP contribution in [0.15, 0.2) is 65.2 Å². The summed E-state index contributed by atoms with van der Waals surface area (Å²) in [6.45, 7) is 0. The largest absolute Gasteiger partial charge is 0.494 e. The van der Waals surface area contributed by atoms with Crippen LogP contribution in [-0.4, -0.2) is 7.11 Å². The molecule has 0 bridgehead atoms. The van der Waals surface area contributed by atoms with E-state index in [0.717, 1.165) is 22.1 Å². The minimum Gasteiger partial charge on any atom is -0.494 e. The summed E-state index contributed by atoms with van der Waals surface area (Å²) in [5.74, 6) is 0.323. The zero-order valence-corrected chi connectivity index (χ0v) is 14.6. The first-order valence-electron chi connectivity index (χ1n) is 8.38. The highest BCUT2D eigenvalue weighted by molar-refractivity contribution is 6.02. The second-order valence-corrected chi connectivity index (χ2v) is 6.15. The van der Waals surface area contributed by atoms with Gasteiger partial charge >= 0.3 is 0 Å². The van der Waals surface area contributed by atoms with E-state index in [4.69, 9.17) is 20.3 Å². The van der Waals surface area contributed by atoms with Gasteiger partial charge in [0.15, 0.2) is 11.6 Å². The molecule has 1 aliphatic carbocycles. The third-order valence-corrected chi connectivity index (χ3v) is 4.48. The molecule has 0 atom stereocenters. The maximum absolute atomic E-state index is 14.4. The van der Waals surface area contributed by atoms with E-state index in [2.05, 4.69) is 0 Å². The van der Waals surface area contributed by atoms with Gasteiger partial charge in [0.1, 0.15) is 11.3 Å². The van der Waals surface area contributed by atoms with Crippen molar-refractivity contribution in [2.24, 2.45) is 5.73 Å². The zero-order chi connectivity index (χ0) is 19.0. The fourth-order valence-electron chi connectivity index (χ4n) is 3.25. The van der Waals surface area contributed by atoms with Gasteiger partial charge in [0.2, 0.25) is 0 Å². The summed E-state index contributed by atoms with van der Waals surface area (Å²) in [4.78, 5) is 0. The van der Waals surface area contributed by atoms with Gasteiger partial charge in [-0.15, -0.1) is 0 Å². The van der Waals surface area contributed by atoms with Crippen molar-refractivity contribution in [3.05, 3.63) is 77.5 Å². The summed E-state index contributed by atoms with van der Waals surface area (Å²) < 4.78 is 25.4. The number of hydrogen-bond acceptors (Lipinski definition) is 4. The van der Waals surface area contributed by atoms with Gasteiger partial charge < -0.3 is 20.3 Å². The molecule has 5 heteroatoms. The van der Waals surface area contributed by atoms with Gasteiger partial charge in [0.25, 0.3) is 0 Å². The zero-order valence-electron chi connectivity index (χ0n) is 14.6. The fourth-order valence-corrected chi connectivity index (χ4v) is 3.25. The molecular weight excluding hydrogens is 343 g/mol. The van der Waals surface area contributed by atoms with E-state index in [1.54, 1.807) is 24.3 Å². The molecule has 0 aromatic heterocycles. The van der Waals surface area contributed by atoms with Crippen molar-refractivity contribution in [2.75, 3.05) is 7.11 Å². The summed E-state index contributed by atoms with van der Waals surface area (Å²) in [6, 6.07) is 15.8. The molecule has 0 fully saturated rings. The Bertz CT molecular complexity index is 1210. The number of nitrogens with two attached hydrogens (primary N) is 1. The quantitative estimate of drug-likeness (QED) is 0.517. The number of nitrogens with one attached hydrogen (secondary N) is 1. The van der Waals surface area contributed by atoms with E-state index < -0.39 is 5.82 Å². The van der Waals surface area contributed by atoms with Crippen molar-refractivity contribution in [3.63, 3.8) is 0 Å². The van der Waals surface area contributed by atoms with Crippen LogP contribution in [0.25, 0.3) is 39.5 Å². The van der Waals surface area contributed by atoms with Crippen molar-refractivity contribution >= 4 is 17.0 Å². The first kappa shape index (κ1) is 16.8. The first-order valence-corrected chi connectivity index (χ1v) is 8.38. The Labute approximate surface area is 155 Å². The number of ether oxygens (including phenoxy) is 1. The Kier molecular flexibility index (Phi) is 4.12. The number of halogens is 1. The lowest BCUT2D eigenvalue weighted by Crippen LogP contribution is -2.00. The van der Waals surface area contributed by atoms with Crippen LogP contribution in [0.5, 0.6) is 5.75 Å². The molecule has 0 saturated carbocycles. The molecule has 2 aromatic rings. The standard InChI is InChI=1S/C22H17FN2O2/c1-26-19-7-3-14(11-18(19)23)22-16-5-2-13(8-9-24)10-20(16)27-21-12-15(25)4-6-17(21)22/h2-12,25H,24H2,1H3/b9-8+,25-15?. The SMILES string of the molecule is COc1ccc(-c2c3ccc(=N)cc-3oc3cc(/C=C/N)ccc23)cc1F. The van der Waals surface area contributed by atoms with E-state index in [0.29, 0.717) is 22.3 Å². The van der Waals surface area contributed by atoms with Crippen LogP contribution in [-0.2, 0) is 0 Å². The Hall–Kier alpha value is -3.60. The van der Waals surface area contributed by atoms with Crippen molar-refractivity contribution in [1.29, 1.82) is 5.41 Å². The molecule has 3 N–H and O–H groups in total. The molecule has 0 unspecified atom stereocenters. The van der Waals surface area contributed by atoms with Crippen molar-refractivity contribution in [3.8, 4) is 28.2 Å². The highest BCUT2D eigenvalue weighted by Crippen LogP contribution is 2.40. The summed E-state index contributed by atoms with van der Waals surface area (Å²) in [6.07, 6.45) is 3.23. The Morgan fingerprint density at radius 3 is 2.67 bits per heavy atom. The Balaban J connectivity index is 2.10. The van der Waals surface area contributed by atoms with Crippen LogP contribution in [0.4, 0.5) is 4.39 Å². The molecule has 2 aliphatic rings. The van der Waals surface area contributed by atoms with Gasteiger partial charge in [-0.3, -0.25) is 0 Å². The highest BCUT2D eigenvalue weighted by atomic mass is 19.1. The molecule has 0 spiro atoms. The van der Waals surface area contributed by atoms with Crippen LogP contribution in [0.3, 0.4) is 0 Å². The summed E-state index contributed by atoms with van der Waals surface area (Å²) in [5.41, 5.74) is 9.38. The van der Waals surface area contributed by atoms with Crippen molar-refractivity contribution in [2.45, 2.75) is 0 Å². The van der Waals surface area contributed by atoms with Gasteiger partial charge in [-0.25, -0.2) is 4.39 Å². The van der Waals surface area contributed by atoms with E-state index in [-0.39, 0.29) is 5.75 Å². The lowest BCUT2D eigenvalue weighted by Gasteiger charge is -2.16. The van der Waals surface area contributed by atoms with Gasteiger partial charge in [-0.2, -0.15) is 0 Å². The predicted molar refractivity (Wildman–Crippen MR) is 104 cm³/mol. The molecule has 0 amide bonds. The smallest absolute Gasteiger partial charge is 0.165 e. The third-order valence-electron chi connectivity index (χ3n) is 4.48. The molecule has 0 radical (unpaired) electrons. The highest BCUT2D eigenvalue weighted by Gasteiger charge is 2.18. The average Bonchev–Trinajstić information content (AvgIpc) is 2.66. The molecule has 4 rings (SSSR count). The normalized spacial score (nSPS) is 11.5. The first-order chi connectivity index (χ1) is 13.1. The van der Waals surface area contributed by atoms with Gasteiger partial charge in [0.05, 0.1) is 12.5 Å². The monoisotopic (exact) mass is 360 g/mol. The van der Waals surface area contributed by atoms with Crippen LogP contribution >= 0.6 is 0 Å². The lowest BCUT2D eigenvalue weighted by molar-refractivity contribution is 0.386. The molecule has 4 nitrogen and oxygen atoms in total. The second-order valence-electron chi connectivity index (χ2n) is 6.15. The maximum Gasteiger partial charge on any atom is 0.165 e.